The third-order valence-electron chi connectivity index (χ3n) is 8.98. The molecular formula is C38H33NO. The molecule has 2 nitrogen and oxygen atoms in total. The molecule has 6 aromatic carbocycles. The number of β-amino-alcohol motifs (C(OH)–C–C–N with tert-alkyl or cyclic N) is 1. The van der Waals surface area contributed by atoms with Crippen LogP contribution in [0.15, 0.2) is 133 Å². The molecule has 0 bridgehead atoms. The topological polar surface area (TPSA) is 23.5 Å². The third kappa shape index (κ3) is 3.87. The molecular weight excluding hydrogens is 486 g/mol. The average molecular weight is 520 g/mol. The van der Waals surface area contributed by atoms with Crippen LogP contribution in [0.5, 0.6) is 0 Å². The second kappa shape index (κ2) is 9.75. The first-order valence-electron chi connectivity index (χ1n) is 14.2. The van der Waals surface area contributed by atoms with Gasteiger partial charge in [-0.1, -0.05) is 133 Å². The lowest BCUT2D eigenvalue weighted by Gasteiger charge is -2.41. The Morgan fingerprint density at radius 3 is 1.38 bits per heavy atom. The number of hydrogen-bond donors (Lipinski definition) is 1. The molecule has 0 aliphatic carbocycles. The van der Waals surface area contributed by atoms with E-state index < -0.39 is 5.60 Å². The lowest BCUT2D eigenvalue weighted by atomic mass is 9.84. The van der Waals surface area contributed by atoms with Crippen LogP contribution in [0.3, 0.4) is 0 Å². The maximum absolute atomic E-state index is 12.6. The maximum Gasteiger partial charge on any atom is 0.127 e. The standard InChI is InChI=1S/C38H33NO/c1-26-32-23-21-28-13-9-11-19-34(28)36(32)37-33(24-22-29-14-10-12-20-35(29)37)27(2)39(26)25-38(40,30-15-5-3-6-16-30)31-17-7-4-8-18-31/h3-24,26-27,40H,25H2,1-2H3/t26-,27-/m0/s1. The van der Waals surface area contributed by atoms with Gasteiger partial charge in [0, 0.05) is 18.6 Å². The van der Waals surface area contributed by atoms with Crippen LogP contribution in [-0.2, 0) is 5.60 Å². The molecule has 40 heavy (non-hydrogen) atoms. The molecule has 6 aromatic rings. The van der Waals surface area contributed by atoms with Crippen LogP contribution in [0.2, 0.25) is 0 Å². The van der Waals surface area contributed by atoms with Crippen molar-refractivity contribution in [3.63, 3.8) is 0 Å². The van der Waals surface area contributed by atoms with E-state index >= 15 is 0 Å². The van der Waals surface area contributed by atoms with Crippen LogP contribution in [0.4, 0.5) is 0 Å². The van der Waals surface area contributed by atoms with E-state index in [9.17, 15) is 5.11 Å². The van der Waals surface area contributed by atoms with Gasteiger partial charge in [0.2, 0.25) is 0 Å². The van der Waals surface area contributed by atoms with Crippen molar-refractivity contribution in [1.29, 1.82) is 0 Å². The summed E-state index contributed by atoms with van der Waals surface area (Å²) in [6.45, 7) is 5.06. The summed E-state index contributed by atoms with van der Waals surface area (Å²) in [5.41, 5.74) is 5.85. The first-order chi connectivity index (χ1) is 19.6. The molecule has 1 aliphatic heterocycles. The zero-order valence-electron chi connectivity index (χ0n) is 23.0. The number of nitrogens with zero attached hydrogens (tertiary/aromatic N) is 1. The monoisotopic (exact) mass is 519 g/mol. The van der Waals surface area contributed by atoms with Crippen molar-refractivity contribution in [2.75, 3.05) is 6.54 Å². The van der Waals surface area contributed by atoms with Crippen LogP contribution in [0, 0.1) is 0 Å². The molecule has 1 heterocycles. The zero-order chi connectivity index (χ0) is 27.3. The summed E-state index contributed by atoms with van der Waals surface area (Å²) >= 11 is 0. The normalized spacial score (nSPS) is 17.4. The van der Waals surface area contributed by atoms with Crippen molar-refractivity contribution < 1.29 is 5.11 Å². The van der Waals surface area contributed by atoms with Crippen LogP contribution in [0.25, 0.3) is 32.7 Å². The molecule has 0 unspecified atom stereocenters. The highest BCUT2D eigenvalue weighted by atomic mass is 16.3. The minimum absolute atomic E-state index is 0.0692. The third-order valence-corrected chi connectivity index (χ3v) is 8.98. The summed E-state index contributed by atoms with van der Waals surface area (Å²) in [6.07, 6.45) is 0. The molecule has 1 aliphatic rings. The van der Waals surface area contributed by atoms with E-state index in [-0.39, 0.29) is 12.1 Å². The highest BCUT2D eigenvalue weighted by Crippen LogP contribution is 2.50. The van der Waals surface area contributed by atoms with Crippen LogP contribution in [0.1, 0.15) is 48.2 Å². The van der Waals surface area contributed by atoms with Crippen molar-refractivity contribution in [3.05, 3.63) is 156 Å². The summed E-state index contributed by atoms with van der Waals surface area (Å²) in [5.74, 6) is 0. The number of rotatable bonds is 4. The number of fused-ring (bicyclic) bond motifs is 7. The van der Waals surface area contributed by atoms with E-state index in [1.165, 1.54) is 43.8 Å². The molecule has 0 radical (unpaired) electrons. The SMILES string of the molecule is C[C@H]1c2ccc3ccccc3c2-c2c(ccc3ccccc23)[C@H](C)N1CC(O)(c1ccccc1)c1ccccc1. The molecule has 0 aromatic heterocycles. The van der Waals surface area contributed by atoms with Gasteiger partial charge in [-0.25, -0.2) is 0 Å². The lowest BCUT2D eigenvalue weighted by molar-refractivity contribution is 0.00607. The largest absolute Gasteiger partial charge is 0.379 e. The van der Waals surface area contributed by atoms with Crippen molar-refractivity contribution in [3.8, 4) is 11.1 Å². The molecule has 0 amide bonds. The Bertz CT molecular complexity index is 1700. The molecule has 0 fully saturated rings. The molecule has 0 saturated heterocycles. The van der Waals surface area contributed by atoms with Gasteiger partial charge in [-0.15, -0.1) is 0 Å². The highest BCUT2D eigenvalue weighted by molar-refractivity contribution is 6.08. The number of hydrogen-bond acceptors (Lipinski definition) is 2. The first-order valence-corrected chi connectivity index (χ1v) is 14.2. The van der Waals surface area contributed by atoms with Gasteiger partial charge in [-0.2, -0.15) is 0 Å². The first kappa shape index (κ1) is 24.8. The fraction of sp³-hybridized carbons (Fsp3) is 0.158. The van der Waals surface area contributed by atoms with Crippen LogP contribution in [-0.4, -0.2) is 16.6 Å². The Hall–Kier alpha value is -4.24. The lowest BCUT2D eigenvalue weighted by Crippen LogP contribution is -2.43. The van der Waals surface area contributed by atoms with Gasteiger partial charge in [0.1, 0.15) is 5.60 Å². The van der Waals surface area contributed by atoms with Gasteiger partial charge in [-0.05, 0) is 68.8 Å². The van der Waals surface area contributed by atoms with E-state index in [0.29, 0.717) is 6.54 Å². The molecule has 2 heteroatoms. The smallest absolute Gasteiger partial charge is 0.127 e. The van der Waals surface area contributed by atoms with Crippen molar-refractivity contribution in [2.24, 2.45) is 0 Å². The van der Waals surface area contributed by atoms with E-state index in [2.05, 4.69) is 91.5 Å². The Labute approximate surface area is 236 Å². The van der Waals surface area contributed by atoms with E-state index in [0.717, 1.165) is 11.1 Å². The molecule has 2 atom stereocenters. The van der Waals surface area contributed by atoms with Crippen molar-refractivity contribution in [1.82, 2.24) is 4.90 Å². The van der Waals surface area contributed by atoms with E-state index in [1.54, 1.807) is 0 Å². The van der Waals surface area contributed by atoms with Crippen LogP contribution >= 0.6 is 0 Å². The minimum atomic E-state index is -1.18. The Balaban J connectivity index is 1.49. The summed E-state index contributed by atoms with van der Waals surface area (Å²) in [5, 5.41) is 17.7. The van der Waals surface area contributed by atoms with Gasteiger partial charge in [0.15, 0.2) is 0 Å². The minimum Gasteiger partial charge on any atom is -0.379 e. The van der Waals surface area contributed by atoms with E-state index in [1.807, 2.05) is 60.7 Å². The highest BCUT2D eigenvalue weighted by Gasteiger charge is 2.40. The predicted octanol–water partition coefficient (Wildman–Crippen LogP) is 9.03. The van der Waals surface area contributed by atoms with Gasteiger partial charge in [0.05, 0.1) is 0 Å². The average Bonchev–Trinajstić information content (AvgIpc) is 3.11. The summed E-state index contributed by atoms with van der Waals surface area (Å²) < 4.78 is 0. The summed E-state index contributed by atoms with van der Waals surface area (Å²) in [6, 6.07) is 47.0. The number of benzene rings is 6. The fourth-order valence-electron chi connectivity index (χ4n) is 6.84. The maximum atomic E-state index is 12.6. The summed E-state index contributed by atoms with van der Waals surface area (Å²) in [4.78, 5) is 2.49. The Morgan fingerprint density at radius 2 is 0.925 bits per heavy atom. The molecule has 7 rings (SSSR count). The fourth-order valence-corrected chi connectivity index (χ4v) is 6.84. The van der Waals surface area contributed by atoms with Crippen molar-refractivity contribution >= 4 is 21.5 Å². The van der Waals surface area contributed by atoms with Gasteiger partial charge in [-0.3, -0.25) is 4.90 Å². The number of aliphatic hydroxyl groups is 1. The predicted molar refractivity (Wildman–Crippen MR) is 166 cm³/mol. The Kier molecular flexibility index (Phi) is 6.04. The van der Waals surface area contributed by atoms with Crippen molar-refractivity contribution in [2.45, 2.75) is 31.5 Å². The van der Waals surface area contributed by atoms with E-state index in [4.69, 9.17) is 0 Å². The zero-order valence-corrected chi connectivity index (χ0v) is 23.0. The quantitative estimate of drug-likeness (QED) is 0.251. The Morgan fingerprint density at radius 1 is 0.525 bits per heavy atom. The van der Waals surface area contributed by atoms with Gasteiger partial charge < -0.3 is 5.11 Å². The molecule has 0 saturated carbocycles. The van der Waals surface area contributed by atoms with Crippen LogP contribution < -0.4 is 0 Å². The molecule has 1 N–H and O–H groups in total. The summed E-state index contributed by atoms with van der Waals surface area (Å²) in [7, 11) is 0. The van der Waals surface area contributed by atoms with Gasteiger partial charge >= 0.3 is 0 Å². The molecule has 196 valence electrons. The second-order valence-corrected chi connectivity index (χ2v) is 11.1. The second-order valence-electron chi connectivity index (χ2n) is 11.1. The van der Waals surface area contributed by atoms with Gasteiger partial charge in [0.25, 0.3) is 0 Å². The molecule has 0 spiro atoms.